The molecule has 0 radical (unpaired) electrons. The Morgan fingerprint density at radius 1 is 1.39 bits per heavy atom. The second-order valence-electron chi connectivity index (χ2n) is 5.83. The maximum atomic E-state index is 10.5. The lowest BCUT2D eigenvalue weighted by Gasteiger charge is -2.37. The molecule has 1 unspecified atom stereocenters. The van der Waals surface area contributed by atoms with Crippen molar-refractivity contribution < 1.29 is 5.11 Å². The lowest BCUT2D eigenvalue weighted by atomic mass is 9.71. The zero-order valence-electron chi connectivity index (χ0n) is 11.6. The van der Waals surface area contributed by atoms with Crippen molar-refractivity contribution in [2.45, 2.75) is 71.4 Å². The maximum Gasteiger partial charge on any atom is 0.138 e. The molecular weight excluding hydrogens is 226 g/mol. The normalized spacial score (nSPS) is 20.8. The van der Waals surface area contributed by atoms with Crippen LogP contribution in [0.4, 0.5) is 0 Å². The third-order valence-corrected chi connectivity index (χ3v) is 4.31. The molecule has 4 nitrogen and oxygen atoms in total. The minimum absolute atomic E-state index is 0.0707. The third kappa shape index (κ3) is 2.91. The number of nitrogens with zero attached hydrogens (tertiary/aromatic N) is 3. The zero-order chi connectivity index (χ0) is 13.0. The van der Waals surface area contributed by atoms with Gasteiger partial charge in [0.1, 0.15) is 12.2 Å². The van der Waals surface area contributed by atoms with Gasteiger partial charge in [-0.25, -0.2) is 4.98 Å². The Kier molecular flexibility index (Phi) is 4.38. The second-order valence-corrected chi connectivity index (χ2v) is 5.83. The van der Waals surface area contributed by atoms with Crippen LogP contribution in [0.3, 0.4) is 0 Å². The Hall–Kier alpha value is -0.900. The summed E-state index contributed by atoms with van der Waals surface area (Å²) in [5.41, 5.74) is 0.0707. The molecule has 1 aliphatic rings. The van der Waals surface area contributed by atoms with Crippen molar-refractivity contribution >= 4 is 0 Å². The summed E-state index contributed by atoms with van der Waals surface area (Å²) in [6.45, 7) is 5.24. The van der Waals surface area contributed by atoms with Crippen LogP contribution < -0.4 is 0 Å². The van der Waals surface area contributed by atoms with Gasteiger partial charge in [-0.2, -0.15) is 5.10 Å². The summed E-state index contributed by atoms with van der Waals surface area (Å²) in [5.74, 6) is 0.927. The lowest BCUT2D eigenvalue weighted by Crippen LogP contribution is -2.36. The van der Waals surface area contributed by atoms with Gasteiger partial charge in [-0.3, -0.25) is 4.68 Å². The first-order valence-corrected chi connectivity index (χ1v) is 7.20. The van der Waals surface area contributed by atoms with Crippen molar-refractivity contribution in [2.75, 3.05) is 0 Å². The van der Waals surface area contributed by atoms with Crippen molar-refractivity contribution in [3.8, 4) is 0 Å². The van der Waals surface area contributed by atoms with Crippen LogP contribution in [-0.2, 0) is 13.0 Å². The Labute approximate surface area is 109 Å². The molecule has 1 aromatic rings. The van der Waals surface area contributed by atoms with Crippen molar-refractivity contribution in [1.29, 1.82) is 0 Å². The third-order valence-electron chi connectivity index (χ3n) is 4.31. The topological polar surface area (TPSA) is 50.9 Å². The summed E-state index contributed by atoms with van der Waals surface area (Å²) in [4.78, 5) is 4.29. The van der Waals surface area contributed by atoms with Gasteiger partial charge in [0.25, 0.3) is 0 Å². The first-order valence-electron chi connectivity index (χ1n) is 7.20. The van der Waals surface area contributed by atoms with Gasteiger partial charge >= 0.3 is 0 Å². The van der Waals surface area contributed by atoms with E-state index in [9.17, 15) is 5.11 Å². The molecule has 0 saturated heterocycles. The number of aromatic nitrogens is 3. The highest BCUT2D eigenvalue weighted by Crippen LogP contribution is 2.39. The van der Waals surface area contributed by atoms with Gasteiger partial charge in [0.2, 0.25) is 0 Å². The largest absolute Gasteiger partial charge is 0.392 e. The van der Waals surface area contributed by atoms with Gasteiger partial charge in [-0.1, -0.05) is 33.1 Å². The summed E-state index contributed by atoms with van der Waals surface area (Å²) in [6, 6.07) is 0. The summed E-state index contributed by atoms with van der Waals surface area (Å²) < 4.78 is 1.93. The quantitative estimate of drug-likeness (QED) is 0.875. The zero-order valence-corrected chi connectivity index (χ0v) is 11.6. The standard InChI is InChI=1S/C14H25N3O/c1-3-9-17-13(15-11-16-17)10-12(18)14(2)7-5-4-6-8-14/h11-12,18H,3-10H2,1-2H3. The Bertz CT molecular complexity index is 369. The van der Waals surface area contributed by atoms with E-state index in [1.165, 1.54) is 19.3 Å². The molecule has 0 amide bonds. The molecule has 4 heteroatoms. The van der Waals surface area contributed by atoms with Crippen molar-refractivity contribution in [1.82, 2.24) is 14.8 Å². The molecule has 0 bridgehead atoms. The minimum atomic E-state index is -0.294. The Balaban J connectivity index is 2.01. The Morgan fingerprint density at radius 3 is 2.78 bits per heavy atom. The molecule has 1 heterocycles. The fraction of sp³-hybridized carbons (Fsp3) is 0.857. The molecule has 1 N–H and O–H groups in total. The predicted octanol–water partition coefficient (Wildman–Crippen LogP) is 2.56. The highest BCUT2D eigenvalue weighted by molar-refractivity contribution is 4.94. The van der Waals surface area contributed by atoms with Crippen LogP contribution in [0.25, 0.3) is 0 Å². The van der Waals surface area contributed by atoms with Gasteiger partial charge in [0.05, 0.1) is 6.10 Å². The van der Waals surface area contributed by atoms with Crippen molar-refractivity contribution in [3.05, 3.63) is 12.2 Å². The maximum absolute atomic E-state index is 10.5. The van der Waals surface area contributed by atoms with Gasteiger partial charge in [-0.15, -0.1) is 0 Å². The monoisotopic (exact) mass is 251 g/mol. The first-order chi connectivity index (χ1) is 8.65. The van der Waals surface area contributed by atoms with Crippen LogP contribution in [0.15, 0.2) is 6.33 Å². The highest BCUT2D eigenvalue weighted by Gasteiger charge is 2.35. The van der Waals surface area contributed by atoms with E-state index in [0.717, 1.165) is 31.6 Å². The number of aliphatic hydroxyl groups excluding tert-OH is 1. The predicted molar refractivity (Wildman–Crippen MR) is 71.2 cm³/mol. The first kappa shape index (κ1) is 13.5. The van der Waals surface area contributed by atoms with Gasteiger partial charge in [0.15, 0.2) is 0 Å². The molecule has 1 aliphatic carbocycles. The fourth-order valence-corrected chi connectivity index (χ4v) is 2.96. The van der Waals surface area contributed by atoms with Crippen LogP contribution in [0.2, 0.25) is 0 Å². The highest BCUT2D eigenvalue weighted by atomic mass is 16.3. The molecule has 1 atom stereocenters. The second kappa shape index (κ2) is 5.83. The molecule has 1 aromatic heterocycles. The van der Waals surface area contributed by atoms with Crippen molar-refractivity contribution in [3.63, 3.8) is 0 Å². The SMILES string of the molecule is CCCn1ncnc1CC(O)C1(C)CCCCC1. The number of aryl methyl sites for hydroxylation is 1. The molecule has 1 saturated carbocycles. The number of aliphatic hydroxyl groups is 1. The van der Waals surface area contributed by atoms with Gasteiger partial charge < -0.3 is 5.11 Å². The van der Waals surface area contributed by atoms with Crippen molar-refractivity contribution in [2.24, 2.45) is 5.41 Å². The van der Waals surface area contributed by atoms with E-state index in [-0.39, 0.29) is 11.5 Å². The van der Waals surface area contributed by atoms with Crippen LogP contribution in [0.5, 0.6) is 0 Å². The van der Waals surface area contributed by atoms with Gasteiger partial charge in [-0.05, 0) is 24.7 Å². The van der Waals surface area contributed by atoms with E-state index in [1.807, 2.05) is 4.68 Å². The van der Waals surface area contributed by atoms with E-state index >= 15 is 0 Å². The van der Waals surface area contributed by atoms with E-state index in [0.29, 0.717) is 6.42 Å². The summed E-state index contributed by atoms with van der Waals surface area (Å²) in [6.07, 6.45) is 9.06. The van der Waals surface area contributed by atoms with E-state index in [4.69, 9.17) is 0 Å². The molecule has 0 aliphatic heterocycles. The Morgan fingerprint density at radius 2 is 2.11 bits per heavy atom. The molecular formula is C14H25N3O. The van der Waals surface area contributed by atoms with Crippen LogP contribution in [-0.4, -0.2) is 26.0 Å². The summed E-state index contributed by atoms with van der Waals surface area (Å²) in [7, 11) is 0. The molecule has 102 valence electrons. The summed E-state index contributed by atoms with van der Waals surface area (Å²) in [5, 5.41) is 14.7. The molecule has 18 heavy (non-hydrogen) atoms. The average Bonchev–Trinajstić information content (AvgIpc) is 2.78. The van der Waals surface area contributed by atoms with E-state index < -0.39 is 0 Å². The fourth-order valence-electron chi connectivity index (χ4n) is 2.96. The number of rotatable bonds is 5. The molecule has 2 rings (SSSR count). The number of hydrogen-bond acceptors (Lipinski definition) is 3. The average molecular weight is 251 g/mol. The smallest absolute Gasteiger partial charge is 0.138 e. The molecule has 1 fully saturated rings. The minimum Gasteiger partial charge on any atom is -0.392 e. The summed E-state index contributed by atoms with van der Waals surface area (Å²) >= 11 is 0. The van der Waals surface area contributed by atoms with Crippen LogP contribution >= 0.6 is 0 Å². The van der Waals surface area contributed by atoms with Gasteiger partial charge in [0, 0.05) is 13.0 Å². The van der Waals surface area contributed by atoms with Crippen LogP contribution in [0.1, 0.15) is 58.2 Å². The number of hydrogen-bond donors (Lipinski definition) is 1. The lowest BCUT2D eigenvalue weighted by molar-refractivity contribution is 0.00843. The van der Waals surface area contributed by atoms with E-state index in [1.54, 1.807) is 6.33 Å². The van der Waals surface area contributed by atoms with E-state index in [2.05, 4.69) is 23.9 Å². The van der Waals surface area contributed by atoms with Crippen LogP contribution in [0, 0.1) is 5.41 Å². The molecule has 0 spiro atoms. The molecule has 0 aromatic carbocycles.